The Kier molecular flexibility index (Phi) is 5.86. The first-order chi connectivity index (χ1) is 10.2. The van der Waals surface area contributed by atoms with Crippen LogP contribution in [0.1, 0.15) is 24.1 Å². The van der Waals surface area contributed by atoms with Gasteiger partial charge in [-0.15, -0.1) is 0 Å². The predicted octanol–water partition coefficient (Wildman–Crippen LogP) is 4.20. The lowest BCUT2D eigenvalue weighted by atomic mass is 10.1. The molecule has 1 heterocycles. The molecule has 1 aromatic heterocycles. The molecule has 2 rings (SSSR count). The van der Waals surface area contributed by atoms with Gasteiger partial charge in [-0.05, 0) is 19.1 Å². The van der Waals surface area contributed by atoms with E-state index in [-0.39, 0.29) is 19.1 Å². The Balaban J connectivity index is 0.00000264. The van der Waals surface area contributed by atoms with Crippen LogP contribution in [-0.2, 0) is 6.18 Å². The number of rotatable bonds is 3. The highest BCUT2D eigenvalue weighted by molar-refractivity contribution is 7.59. The third-order valence-corrected chi connectivity index (χ3v) is 2.80. The number of benzene rings is 1. The monoisotopic (exact) mass is 355 g/mol. The van der Waals surface area contributed by atoms with E-state index in [1.165, 1.54) is 6.92 Å². The van der Waals surface area contributed by atoms with Crippen LogP contribution in [0.3, 0.4) is 0 Å². The SMILES string of the molecule is C[C@H](Nc1nc(F)cc(F)n1)c1ccc(C(F)(F)F)cc1F.S. The lowest BCUT2D eigenvalue weighted by Gasteiger charge is -2.16. The second-order valence-electron chi connectivity index (χ2n) is 4.44. The van der Waals surface area contributed by atoms with E-state index in [2.05, 4.69) is 15.3 Å². The molecular formula is C13H11F6N3S. The van der Waals surface area contributed by atoms with Crippen molar-refractivity contribution in [1.82, 2.24) is 9.97 Å². The number of nitrogens with zero attached hydrogens (tertiary/aromatic N) is 2. The van der Waals surface area contributed by atoms with Crippen molar-refractivity contribution in [2.45, 2.75) is 19.1 Å². The molecule has 0 fully saturated rings. The first kappa shape index (κ1) is 19.1. The molecule has 0 unspecified atom stereocenters. The fourth-order valence-corrected chi connectivity index (χ4v) is 1.78. The van der Waals surface area contributed by atoms with Gasteiger partial charge < -0.3 is 5.32 Å². The zero-order valence-corrected chi connectivity index (χ0v) is 12.5. The number of hydrogen-bond acceptors (Lipinski definition) is 3. The minimum absolute atomic E-state index is 0. The molecule has 23 heavy (non-hydrogen) atoms. The topological polar surface area (TPSA) is 37.8 Å². The van der Waals surface area contributed by atoms with Crippen molar-refractivity contribution in [2.24, 2.45) is 0 Å². The van der Waals surface area contributed by atoms with E-state index in [9.17, 15) is 26.3 Å². The summed E-state index contributed by atoms with van der Waals surface area (Å²) >= 11 is 0. The number of aromatic nitrogens is 2. The molecule has 0 spiro atoms. The van der Waals surface area contributed by atoms with Gasteiger partial charge in [0.25, 0.3) is 0 Å². The minimum atomic E-state index is -4.66. The normalized spacial score (nSPS) is 12.5. The Labute approximate surface area is 134 Å². The molecule has 0 amide bonds. The van der Waals surface area contributed by atoms with Crippen molar-refractivity contribution in [3.05, 3.63) is 53.1 Å². The molecule has 0 aliphatic rings. The molecule has 1 N–H and O–H groups in total. The van der Waals surface area contributed by atoms with Crippen LogP contribution in [0.15, 0.2) is 24.3 Å². The molecule has 0 radical (unpaired) electrons. The summed E-state index contributed by atoms with van der Waals surface area (Å²) in [6.07, 6.45) is -4.66. The minimum Gasteiger partial charge on any atom is -0.347 e. The Morgan fingerprint density at radius 2 is 1.57 bits per heavy atom. The first-order valence-electron chi connectivity index (χ1n) is 6.00. The third kappa shape index (κ3) is 4.75. The molecule has 10 heteroatoms. The summed E-state index contributed by atoms with van der Waals surface area (Å²) in [6, 6.07) is 1.55. The van der Waals surface area contributed by atoms with Crippen molar-refractivity contribution < 1.29 is 26.3 Å². The second kappa shape index (κ2) is 7.07. The fourth-order valence-electron chi connectivity index (χ4n) is 1.78. The smallest absolute Gasteiger partial charge is 0.347 e. The van der Waals surface area contributed by atoms with E-state index in [0.29, 0.717) is 18.2 Å². The molecule has 2 aromatic rings. The summed E-state index contributed by atoms with van der Waals surface area (Å²) in [6.45, 7) is 1.39. The quantitative estimate of drug-likeness (QED) is 0.662. The van der Waals surface area contributed by atoms with E-state index < -0.39 is 41.4 Å². The van der Waals surface area contributed by atoms with E-state index in [1.807, 2.05) is 0 Å². The third-order valence-electron chi connectivity index (χ3n) is 2.80. The van der Waals surface area contributed by atoms with Crippen LogP contribution in [0.25, 0.3) is 0 Å². The van der Waals surface area contributed by atoms with Gasteiger partial charge in [-0.1, -0.05) is 6.07 Å². The standard InChI is InChI=1S/C13H9F6N3.H2S/c1-6(20-12-21-10(15)5-11(16)22-12)8-3-2-7(4-9(8)14)13(17,18)19;/h2-6H,1H3,(H,20,21,22);1H2/t6-;/m0./s1. The first-order valence-corrected chi connectivity index (χ1v) is 6.00. The Morgan fingerprint density at radius 1 is 1.00 bits per heavy atom. The predicted molar refractivity (Wildman–Crippen MR) is 75.8 cm³/mol. The Bertz CT molecular complexity index is 672. The van der Waals surface area contributed by atoms with Crippen molar-refractivity contribution >= 4 is 19.4 Å². The number of anilines is 1. The fraction of sp³-hybridized carbons (Fsp3) is 0.231. The zero-order chi connectivity index (χ0) is 16.5. The van der Waals surface area contributed by atoms with Gasteiger partial charge in [0.2, 0.25) is 17.8 Å². The van der Waals surface area contributed by atoms with Gasteiger partial charge in [0.15, 0.2) is 0 Å². The lowest BCUT2D eigenvalue weighted by Crippen LogP contribution is -2.13. The van der Waals surface area contributed by atoms with Crippen LogP contribution < -0.4 is 5.32 Å². The average Bonchev–Trinajstić information content (AvgIpc) is 2.35. The molecule has 0 saturated carbocycles. The number of halogens is 6. The van der Waals surface area contributed by atoms with Gasteiger partial charge in [0.1, 0.15) is 5.82 Å². The Hall–Kier alpha value is -1.97. The highest BCUT2D eigenvalue weighted by Crippen LogP contribution is 2.31. The molecule has 1 aromatic carbocycles. The summed E-state index contributed by atoms with van der Waals surface area (Å²) in [5.74, 6) is -3.80. The second-order valence-corrected chi connectivity index (χ2v) is 4.44. The summed E-state index contributed by atoms with van der Waals surface area (Å²) in [5.41, 5.74) is -1.25. The summed E-state index contributed by atoms with van der Waals surface area (Å²) in [4.78, 5) is 6.51. The highest BCUT2D eigenvalue weighted by atomic mass is 32.1. The maximum absolute atomic E-state index is 13.8. The molecule has 1 atom stereocenters. The maximum Gasteiger partial charge on any atom is 0.416 e. The van der Waals surface area contributed by atoms with Crippen LogP contribution in [0, 0.1) is 17.7 Å². The van der Waals surface area contributed by atoms with Gasteiger partial charge in [-0.2, -0.15) is 45.4 Å². The molecule has 0 saturated heterocycles. The largest absolute Gasteiger partial charge is 0.416 e. The summed E-state index contributed by atoms with van der Waals surface area (Å²) < 4.78 is 76.9. The van der Waals surface area contributed by atoms with Crippen LogP contribution in [-0.4, -0.2) is 9.97 Å². The molecule has 0 aliphatic heterocycles. The molecule has 3 nitrogen and oxygen atoms in total. The van der Waals surface area contributed by atoms with Gasteiger partial charge in [-0.3, -0.25) is 0 Å². The summed E-state index contributed by atoms with van der Waals surface area (Å²) in [5, 5.41) is 2.42. The maximum atomic E-state index is 13.8. The molecule has 126 valence electrons. The zero-order valence-electron chi connectivity index (χ0n) is 11.5. The average molecular weight is 355 g/mol. The number of nitrogens with one attached hydrogen (secondary N) is 1. The van der Waals surface area contributed by atoms with Crippen LogP contribution in [0.2, 0.25) is 0 Å². The van der Waals surface area contributed by atoms with Gasteiger partial charge in [-0.25, -0.2) is 4.39 Å². The van der Waals surface area contributed by atoms with Gasteiger partial charge >= 0.3 is 6.18 Å². The number of hydrogen-bond donors (Lipinski definition) is 1. The van der Waals surface area contributed by atoms with Crippen molar-refractivity contribution in [3.63, 3.8) is 0 Å². The van der Waals surface area contributed by atoms with Crippen molar-refractivity contribution in [3.8, 4) is 0 Å². The van der Waals surface area contributed by atoms with Crippen LogP contribution in [0.4, 0.5) is 32.3 Å². The van der Waals surface area contributed by atoms with E-state index in [0.717, 1.165) is 6.07 Å². The lowest BCUT2D eigenvalue weighted by molar-refractivity contribution is -0.137. The number of alkyl halides is 3. The molecule has 0 bridgehead atoms. The van der Waals surface area contributed by atoms with E-state index in [4.69, 9.17) is 0 Å². The Morgan fingerprint density at radius 3 is 2.04 bits per heavy atom. The van der Waals surface area contributed by atoms with Crippen LogP contribution in [0.5, 0.6) is 0 Å². The molecular weight excluding hydrogens is 344 g/mol. The van der Waals surface area contributed by atoms with Crippen LogP contribution >= 0.6 is 13.5 Å². The van der Waals surface area contributed by atoms with Gasteiger partial charge in [0.05, 0.1) is 11.6 Å². The van der Waals surface area contributed by atoms with E-state index >= 15 is 0 Å². The summed E-state index contributed by atoms with van der Waals surface area (Å²) in [7, 11) is 0. The van der Waals surface area contributed by atoms with Crippen molar-refractivity contribution in [1.29, 1.82) is 0 Å². The molecule has 0 aliphatic carbocycles. The highest BCUT2D eigenvalue weighted by Gasteiger charge is 2.31. The van der Waals surface area contributed by atoms with Crippen molar-refractivity contribution in [2.75, 3.05) is 5.32 Å². The van der Waals surface area contributed by atoms with Gasteiger partial charge in [0, 0.05) is 11.6 Å². The van der Waals surface area contributed by atoms with E-state index in [1.54, 1.807) is 0 Å².